The number of nitrogens with zero attached hydrogens (tertiary/aromatic N) is 4. The molecule has 5 aromatic carbocycles. The van der Waals surface area contributed by atoms with Gasteiger partial charge in [0.05, 0.1) is 11.3 Å². The van der Waals surface area contributed by atoms with Crippen LogP contribution in [0.3, 0.4) is 0 Å². The topological polar surface area (TPSA) is 55.8 Å². The van der Waals surface area contributed by atoms with Crippen molar-refractivity contribution in [1.82, 2.24) is 14.4 Å². The molecule has 1 aliphatic rings. The van der Waals surface area contributed by atoms with Crippen LogP contribution in [0.25, 0.3) is 49.3 Å². The van der Waals surface area contributed by atoms with Crippen LogP contribution in [0.4, 0.5) is 17.2 Å². The summed E-state index contributed by atoms with van der Waals surface area (Å²) in [5.41, 5.74) is 7.54. The molecule has 5 heterocycles. The van der Waals surface area contributed by atoms with Gasteiger partial charge in [-0.3, -0.25) is 4.98 Å². The molecule has 48 heavy (non-hydrogen) atoms. The molecule has 0 unspecified atom stereocenters. The number of imidazole rings is 1. The molecule has 0 atom stereocenters. The zero-order valence-electron chi connectivity index (χ0n) is 26.0. The summed E-state index contributed by atoms with van der Waals surface area (Å²) >= 11 is 0. The van der Waals surface area contributed by atoms with Crippen LogP contribution in [-0.4, -0.2) is 14.4 Å². The summed E-state index contributed by atoms with van der Waals surface area (Å²) in [6.45, 7) is 4.49. The van der Waals surface area contributed by atoms with Gasteiger partial charge in [0.1, 0.15) is 17.0 Å². The van der Waals surface area contributed by atoms with Crippen molar-refractivity contribution in [1.29, 1.82) is 0 Å². The molecule has 0 radical (unpaired) electrons. The number of fused-ring (bicyclic) bond motifs is 11. The van der Waals surface area contributed by atoms with E-state index < -0.39 is 0 Å². The van der Waals surface area contributed by atoms with Crippen LogP contribution in [0, 0.1) is 12.1 Å². The first-order valence-corrected chi connectivity index (χ1v) is 15.7. The average Bonchev–Trinajstić information content (AvgIpc) is 3.74. The second-order valence-electron chi connectivity index (χ2n) is 12.6. The summed E-state index contributed by atoms with van der Waals surface area (Å²) in [6.07, 6.45) is 5.66. The van der Waals surface area contributed by atoms with Crippen LogP contribution in [0.5, 0.6) is 11.5 Å². The van der Waals surface area contributed by atoms with Gasteiger partial charge in [0.15, 0.2) is 0 Å². The Morgan fingerprint density at radius 1 is 0.688 bits per heavy atom. The minimum absolute atomic E-state index is 0. The number of furan rings is 1. The van der Waals surface area contributed by atoms with E-state index in [1.807, 2.05) is 67.1 Å². The van der Waals surface area contributed by atoms with Gasteiger partial charge >= 0.3 is 21.1 Å². The maximum Gasteiger partial charge on any atom is 2.00 e. The molecule has 1 aliphatic heterocycles. The summed E-state index contributed by atoms with van der Waals surface area (Å²) in [4.78, 5) is 11.8. The Morgan fingerprint density at radius 2 is 1.52 bits per heavy atom. The standard InChI is InChI=1S/C41H26N4O2.Pt/c1-41(2)33-13-8-18-42-40(33)45(36-23-31-30-12-4-6-15-37(30)47-38(31)24-34(36)41)25-9-7-10-26(21-25)46-27-16-17-28-29-11-3-5-14-35(29)44-20-19-43-39(44)32(28)22-27;/h3-20,23-24H,1-2H3;/q-2;+2. The summed E-state index contributed by atoms with van der Waals surface area (Å²) < 4.78 is 14.9. The van der Waals surface area contributed by atoms with Crippen molar-refractivity contribution in [2.24, 2.45) is 0 Å². The van der Waals surface area contributed by atoms with E-state index in [-0.39, 0.29) is 26.5 Å². The van der Waals surface area contributed by atoms with E-state index in [1.165, 1.54) is 0 Å². The molecule has 0 saturated carbocycles. The number of anilines is 3. The number of aromatic nitrogens is 3. The van der Waals surface area contributed by atoms with Crippen molar-refractivity contribution in [3.05, 3.63) is 145 Å². The molecular weight excluding hydrogens is 776 g/mol. The maximum absolute atomic E-state index is 6.48. The summed E-state index contributed by atoms with van der Waals surface area (Å²) in [5, 5.41) is 5.28. The zero-order valence-corrected chi connectivity index (χ0v) is 28.2. The van der Waals surface area contributed by atoms with Crippen LogP contribution < -0.4 is 9.64 Å². The molecule has 6 nitrogen and oxygen atoms in total. The molecule has 4 aromatic heterocycles. The molecule has 9 aromatic rings. The van der Waals surface area contributed by atoms with E-state index in [1.54, 1.807) is 0 Å². The summed E-state index contributed by atoms with van der Waals surface area (Å²) in [6, 6.07) is 42.2. The third kappa shape index (κ3) is 4.09. The van der Waals surface area contributed by atoms with Crippen molar-refractivity contribution in [2.45, 2.75) is 19.3 Å². The fraction of sp³-hybridized carbons (Fsp3) is 0.0732. The predicted octanol–water partition coefficient (Wildman–Crippen LogP) is 10.4. The predicted molar refractivity (Wildman–Crippen MR) is 186 cm³/mol. The number of rotatable bonds is 3. The second kappa shape index (κ2) is 10.5. The SMILES string of the molecule is CC1(C)c2cc3oc4ccccc4c3cc2N(c2[c-]c(Oc3[c-]c4c(cc3)c3ccccc3n3ccnc43)ccc2)c2ncccc21.[Pt+2]. The summed E-state index contributed by atoms with van der Waals surface area (Å²) in [5.74, 6) is 2.05. The van der Waals surface area contributed by atoms with Crippen LogP contribution in [0.15, 0.2) is 126 Å². The van der Waals surface area contributed by atoms with Crippen LogP contribution >= 0.6 is 0 Å². The van der Waals surface area contributed by atoms with E-state index in [9.17, 15) is 0 Å². The molecule has 0 fully saturated rings. The first kappa shape index (κ1) is 28.7. The Balaban J connectivity index is 0.00000314. The molecule has 0 spiro atoms. The van der Waals surface area contributed by atoms with E-state index in [0.29, 0.717) is 11.5 Å². The van der Waals surface area contributed by atoms with Crippen molar-refractivity contribution in [3.8, 4) is 11.5 Å². The number of hydrogen-bond acceptors (Lipinski definition) is 5. The number of hydrogen-bond donors (Lipinski definition) is 0. The normalized spacial score (nSPS) is 13.6. The number of ether oxygens (including phenoxy) is 1. The van der Waals surface area contributed by atoms with Crippen molar-refractivity contribution >= 4 is 66.5 Å². The van der Waals surface area contributed by atoms with Gasteiger partial charge in [0.25, 0.3) is 0 Å². The van der Waals surface area contributed by atoms with Gasteiger partial charge in [-0.25, -0.2) is 4.98 Å². The molecule has 7 heteroatoms. The van der Waals surface area contributed by atoms with E-state index >= 15 is 0 Å². The molecule has 0 saturated heterocycles. The first-order valence-electron chi connectivity index (χ1n) is 15.7. The second-order valence-corrected chi connectivity index (χ2v) is 12.6. The van der Waals surface area contributed by atoms with Crippen LogP contribution in [-0.2, 0) is 26.5 Å². The fourth-order valence-corrected chi connectivity index (χ4v) is 7.29. The van der Waals surface area contributed by atoms with Crippen molar-refractivity contribution < 1.29 is 30.2 Å². The van der Waals surface area contributed by atoms with Gasteiger partial charge < -0.3 is 18.5 Å². The Kier molecular flexibility index (Phi) is 6.31. The van der Waals surface area contributed by atoms with Crippen LogP contribution in [0.2, 0.25) is 0 Å². The molecular formula is C41H26N4O2Pt. The van der Waals surface area contributed by atoms with Gasteiger partial charge in [-0.15, -0.1) is 30.3 Å². The minimum atomic E-state index is -0.306. The largest absolute Gasteiger partial charge is 2.00 e. The number of para-hydroxylation sites is 2. The zero-order chi connectivity index (χ0) is 31.3. The molecule has 0 aliphatic carbocycles. The molecule has 10 rings (SSSR count). The first-order chi connectivity index (χ1) is 23.0. The third-order valence-electron chi connectivity index (χ3n) is 9.53. The molecule has 0 amide bonds. The van der Waals surface area contributed by atoms with Gasteiger partial charge in [-0.2, -0.15) is 6.07 Å². The Morgan fingerprint density at radius 3 is 2.44 bits per heavy atom. The Bertz CT molecular complexity index is 2730. The number of pyridine rings is 2. The summed E-state index contributed by atoms with van der Waals surface area (Å²) in [7, 11) is 0. The molecule has 232 valence electrons. The monoisotopic (exact) mass is 801 g/mol. The smallest absolute Gasteiger partial charge is 0.503 e. The minimum Gasteiger partial charge on any atom is -0.503 e. The molecule has 0 bridgehead atoms. The quantitative estimate of drug-likeness (QED) is 0.132. The van der Waals surface area contributed by atoms with Gasteiger partial charge in [-0.1, -0.05) is 78.8 Å². The van der Waals surface area contributed by atoms with E-state index in [4.69, 9.17) is 14.1 Å². The van der Waals surface area contributed by atoms with Crippen LogP contribution in [0.1, 0.15) is 25.0 Å². The van der Waals surface area contributed by atoms with E-state index in [2.05, 4.69) is 94.9 Å². The van der Waals surface area contributed by atoms with E-state index in [0.717, 1.165) is 77.6 Å². The maximum atomic E-state index is 6.48. The Labute approximate surface area is 290 Å². The average molecular weight is 802 g/mol. The fourth-order valence-electron chi connectivity index (χ4n) is 7.29. The van der Waals surface area contributed by atoms with Crippen molar-refractivity contribution in [2.75, 3.05) is 4.90 Å². The van der Waals surface area contributed by atoms with Gasteiger partial charge in [0.2, 0.25) is 0 Å². The van der Waals surface area contributed by atoms with Gasteiger partial charge in [-0.05, 0) is 41.3 Å². The number of benzene rings is 5. The van der Waals surface area contributed by atoms with Crippen molar-refractivity contribution in [3.63, 3.8) is 0 Å². The Hall–Kier alpha value is -5.45. The molecule has 0 N–H and O–H groups in total. The van der Waals surface area contributed by atoms with Gasteiger partial charge in [0, 0.05) is 57.4 Å². The third-order valence-corrected chi connectivity index (χ3v) is 9.53.